The zero-order valence-corrected chi connectivity index (χ0v) is 8.50. The van der Waals surface area contributed by atoms with E-state index in [-0.39, 0.29) is 18.9 Å². The summed E-state index contributed by atoms with van der Waals surface area (Å²) in [5.74, 6) is 3.07. The maximum Gasteiger partial charge on any atom is 0.306 e. The van der Waals surface area contributed by atoms with Gasteiger partial charge < -0.3 is 5.32 Å². The first kappa shape index (κ1) is 11.2. The number of nitrogens with zero attached hydrogens (tertiary/aromatic N) is 1. The Hall–Kier alpha value is -1.83. The van der Waals surface area contributed by atoms with Crippen molar-refractivity contribution in [2.45, 2.75) is 19.8 Å². The van der Waals surface area contributed by atoms with Gasteiger partial charge in [-0.1, -0.05) is 6.92 Å². The van der Waals surface area contributed by atoms with E-state index in [0.29, 0.717) is 6.54 Å². The average Bonchev–Trinajstić information content (AvgIpc) is 2.53. The summed E-state index contributed by atoms with van der Waals surface area (Å²) in [5, 5.41) is 2.66. The van der Waals surface area contributed by atoms with Crippen molar-refractivity contribution < 1.29 is 14.4 Å². The highest BCUT2D eigenvalue weighted by atomic mass is 16.2. The van der Waals surface area contributed by atoms with Crippen molar-refractivity contribution in [2.75, 3.05) is 13.1 Å². The maximum absolute atomic E-state index is 11.2. The molecule has 0 aromatic rings. The minimum Gasteiger partial charge on any atom is -0.356 e. The molecule has 1 heterocycles. The molecule has 0 bridgehead atoms. The highest BCUT2D eigenvalue weighted by molar-refractivity contribution is 6.18. The summed E-state index contributed by atoms with van der Waals surface area (Å²) in [6, 6.07) is 0. The summed E-state index contributed by atoms with van der Waals surface area (Å²) in [5.41, 5.74) is 0. The first-order valence-corrected chi connectivity index (χ1v) is 4.79. The Balaban J connectivity index is 2.29. The molecule has 1 N–H and O–H groups in total. The van der Waals surface area contributed by atoms with Gasteiger partial charge in [0.2, 0.25) is 5.91 Å². The number of rotatable bonds is 5. The molecule has 15 heavy (non-hydrogen) atoms. The molecule has 0 unspecified atom stereocenters. The van der Waals surface area contributed by atoms with E-state index in [4.69, 9.17) is 0 Å². The van der Waals surface area contributed by atoms with Gasteiger partial charge in [-0.2, -0.15) is 0 Å². The molecule has 80 valence electrons. The molecule has 0 atom stereocenters. The largest absolute Gasteiger partial charge is 0.356 e. The van der Waals surface area contributed by atoms with Crippen LogP contribution in [0.3, 0.4) is 0 Å². The predicted molar refractivity (Wildman–Crippen MR) is 52.4 cm³/mol. The fourth-order valence-corrected chi connectivity index (χ4v) is 1.10. The molecule has 0 aromatic carbocycles. The molecule has 0 aromatic heterocycles. The molecule has 1 aliphatic rings. The van der Waals surface area contributed by atoms with Crippen molar-refractivity contribution in [1.82, 2.24) is 10.2 Å². The van der Waals surface area contributed by atoms with Crippen LogP contribution in [0.2, 0.25) is 0 Å². The van der Waals surface area contributed by atoms with Gasteiger partial charge in [0.1, 0.15) is 0 Å². The first-order valence-electron chi connectivity index (χ1n) is 4.79. The number of amides is 3. The highest BCUT2D eigenvalue weighted by Crippen LogP contribution is 1.98. The molecule has 0 saturated heterocycles. The van der Waals surface area contributed by atoms with E-state index in [2.05, 4.69) is 17.2 Å². The summed E-state index contributed by atoms with van der Waals surface area (Å²) in [6.45, 7) is 2.64. The Bertz CT molecular complexity index is 331. The van der Waals surface area contributed by atoms with Crippen LogP contribution < -0.4 is 5.32 Å². The van der Waals surface area contributed by atoms with Crippen LogP contribution in [0.25, 0.3) is 0 Å². The third-order valence-electron chi connectivity index (χ3n) is 1.90. The van der Waals surface area contributed by atoms with Gasteiger partial charge in [-0.05, 0) is 6.42 Å². The number of nitrogens with one attached hydrogen (secondary N) is 1. The van der Waals surface area contributed by atoms with Crippen molar-refractivity contribution >= 4 is 17.7 Å². The zero-order valence-electron chi connectivity index (χ0n) is 8.50. The molecular weight excluding hydrogens is 196 g/mol. The Morgan fingerprint density at radius 2 is 1.93 bits per heavy atom. The fourth-order valence-electron chi connectivity index (χ4n) is 1.10. The van der Waals surface area contributed by atoms with E-state index in [9.17, 15) is 14.4 Å². The Labute approximate surface area is 87.8 Å². The second-order valence-electron chi connectivity index (χ2n) is 3.11. The second kappa shape index (κ2) is 5.15. The van der Waals surface area contributed by atoms with Gasteiger partial charge in [-0.25, -0.2) is 0 Å². The lowest BCUT2D eigenvalue weighted by atomic mass is 10.3. The van der Waals surface area contributed by atoms with Crippen LogP contribution in [0.4, 0.5) is 0 Å². The van der Waals surface area contributed by atoms with Gasteiger partial charge in [0.25, 0.3) is 0 Å². The predicted octanol–water partition coefficient (Wildman–Crippen LogP) is -0.725. The minimum atomic E-state index is -0.525. The fraction of sp³-hybridized carbons (Fsp3) is 0.500. The number of carbonyl (C=O) groups is 3. The van der Waals surface area contributed by atoms with Crippen LogP contribution in [0, 0.1) is 11.8 Å². The van der Waals surface area contributed by atoms with Crippen molar-refractivity contribution in [2.24, 2.45) is 0 Å². The number of imide groups is 1. The second-order valence-corrected chi connectivity index (χ2v) is 3.11. The lowest BCUT2D eigenvalue weighted by molar-refractivity contribution is -0.136. The molecule has 0 fully saturated rings. The number of hydrogen-bond donors (Lipinski definition) is 1. The normalized spacial score (nSPS) is 13.8. The van der Waals surface area contributed by atoms with Crippen LogP contribution in [0.1, 0.15) is 19.8 Å². The summed E-state index contributed by atoms with van der Waals surface area (Å²) in [6.07, 6.45) is 0.983. The lowest BCUT2D eigenvalue weighted by Gasteiger charge is -2.11. The van der Waals surface area contributed by atoms with Crippen LogP contribution in [0.5, 0.6) is 0 Å². The van der Waals surface area contributed by atoms with E-state index in [0.717, 1.165) is 11.3 Å². The summed E-state index contributed by atoms with van der Waals surface area (Å²) in [4.78, 5) is 34.1. The number of hydrogen-bond acceptors (Lipinski definition) is 3. The third kappa shape index (κ3) is 3.09. The first-order chi connectivity index (χ1) is 7.15. The molecule has 0 aliphatic carbocycles. The highest BCUT2D eigenvalue weighted by Gasteiger charge is 2.23. The molecule has 3 amide bonds. The van der Waals surface area contributed by atoms with E-state index < -0.39 is 11.8 Å². The molecule has 0 radical (unpaired) electrons. The van der Waals surface area contributed by atoms with Gasteiger partial charge >= 0.3 is 11.8 Å². The molecule has 1 aliphatic heterocycles. The van der Waals surface area contributed by atoms with Crippen LogP contribution in [-0.2, 0) is 14.4 Å². The third-order valence-corrected chi connectivity index (χ3v) is 1.90. The monoisotopic (exact) mass is 208 g/mol. The topological polar surface area (TPSA) is 66.5 Å². The quantitative estimate of drug-likeness (QED) is 0.478. The van der Waals surface area contributed by atoms with E-state index >= 15 is 0 Å². The van der Waals surface area contributed by atoms with Crippen molar-refractivity contribution in [3.8, 4) is 11.8 Å². The zero-order chi connectivity index (χ0) is 11.3. The molecule has 0 spiro atoms. The summed E-state index contributed by atoms with van der Waals surface area (Å²) >= 11 is 0. The van der Waals surface area contributed by atoms with E-state index in [1.165, 1.54) is 0 Å². The molecule has 5 heteroatoms. The smallest absolute Gasteiger partial charge is 0.306 e. The van der Waals surface area contributed by atoms with Gasteiger partial charge in [-0.15, -0.1) is 0 Å². The van der Waals surface area contributed by atoms with Gasteiger partial charge in [0, 0.05) is 31.4 Å². The van der Waals surface area contributed by atoms with Crippen molar-refractivity contribution in [3.05, 3.63) is 0 Å². The standard InChI is InChI=1S/C10H12N2O3/c1-2-6-11-8(13)5-7-12-9(14)3-4-10(12)15/h2,5-7H2,1H3,(H,11,13). The van der Waals surface area contributed by atoms with Crippen molar-refractivity contribution in [3.63, 3.8) is 0 Å². The van der Waals surface area contributed by atoms with Crippen LogP contribution >= 0.6 is 0 Å². The van der Waals surface area contributed by atoms with E-state index in [1.54, 1.807) is 0 Å². The SMILES string of the molecule is CCCNC(=O)CCN1C(=O)C#CC1=O. The molecule has 5 nitrogen and oxygen atoms in total. The van der Waals surface area contributed by atoms with Crippen molar-refractivity contribution in [1.29, 1.82) is 0 Å². The molecule has 1 rings (SSSR count). The molecular formula is C10H12N2O3. The average molecular weight is 208 g/mol. The summed E-state index contributed by atoms with van der Waals surface area (Å²) in [7, 11) is 0. The van der Waals surface area contributed by atoms with Gasteiger partial charge in [-0.3, -0.25) is 19.3 Å². The molecule has 0 saturated carbocycles. The minimum absolute atomic E-state index is 0.0905. The Kier molecular flexibility index (Phi) is 3.86. The van der Waals surface area contributed by atoms with Crippen LogP contribution in [0.15, 0.2) is 0 Å². The summed E-state index contributed by atoms with van der Waals surface area (Å²) < 4.78 is 0. The Morgan fingerprint density at radius 3 is 2.47 bits per heavy atom. The van der Waals surface area contributed by atoms with Crippen LogP contribution in [-0.4, -0.2) is 35.7 Å². The van der Waals surface area contributed by atoms with Gasteiger partial charge in [0.05, 0.1) is 0 Å². The van der Waals surface area contributed by atoms with Gasteiger partial charge in [0.15, 0.2) is 0 Å². The lowest BCUT2D eigenvalue weighted by Crippen LogP contribution is -2.35. The van der Waals surface area contributed by atoms with E-state index in [1.807, 2.05) is 6.92 Å². The Morgan fingerprint density at radius 1 is 1.33 bits per heavy atom. The number of carbonyl (C=O) groups excluding carboxylic acids is 3. The maximum atomic E-state index is 11.2.